The molecular formula is C11H24O. The van der Waals surface area contributed by atoms with Gasteiger partial charge in [-0.05, 0) is 23.7 Å². The predicted octanol–water partition coefficient (Wildman–Crippen LogP) is 3.34. The fraction of sp³-hybridized carbons (Fsp3) is 1.00. The Kier molecular flexibility index (Phi) is 4.84. The van der Waals surface area contributed by atoms with Crippen molar-refractivity contribution in [3.63, 3.8) is 0 Å². The molecule has 1 heteroatoms. The molecule has 0 heterocycles. The first-order valence-electron chi connectivity index (χ1n) is 4.90. The van der Waals surface area contributed by atoms with Gasteiger partial charge in [-0.3, -0.25) is 0 Å². The van der Waals surface area contributed by atoms with Crippen LogP contribution in [-0.2, 0) is 4.74 Å². The van der Waals surface area contributed by atoms with E-state index in [1.807, 2.05) is 0 Å². The van der Waals surface area contributed by atoms with Crippen LogP contribution < -0.4 is 0 Å². The molecule has 0 aliphatic heterocycles. The molecule has 0 fully saturated rings. The van der Waals surface area contributed by atoms with Crippen molar-refractivity contribution in [2.75, 3.05) is 13.7 Å². The van der Waals surface area contributed by atoms with Crippen molar-refractivity contribution in [3.05, 3.63) is 0 Å². The molecule has 0 saturated carbocycles. The minimum Gasteiger partial charge on any atom is -0.385 e. The Bertz CT molecular complexity index is 116. The Balaban J connectivity index is 3.99. The summed E-state index contributed by atoms with van der Waals surface area (Å²) in [5.74, 6) is 1.52. The summed E-state index contributed by atoms with van der Waals surface area (Å²) in [7, 11) is 1.77. The Labute approximate surface area is 77.5 Å². The molecule has 0 radical (unpaired) electrons. The number of methoxy groups -OCH3 is 1. The van der Waals surface area contributed by atoms with Crippen LogP contribution in [0.25, 0.3) is 0 Å². The van der Waals surface area contributed by atoms with Crippen LogP contribution in [0.2, 0.25) is 0 Å². The molecule has 0 saturated heterocycles. The molecular weight excluding hydrogens is 148 g/mol. The molecule has 0 aromatic rings. The van der Waals surface area contributed by atoms with Gasteiger partial charge in [0, 0.05) is 13.7 Å². The van der Waals surface area contributed by atoms with E-state index in [2.05, 4.69) is 34.6 Å². The molecule has 0 N–H and O–H groups in total. The van der Waals surface area contributed by atoms with Crippen LogP contribution in [-0.4, -0.2) is 13.7 Å². The highest BCUT2D eigenvalue weighted by molar-refractivity contribution is 4.77. The van der Waals surface area contributed by atoms with Crippen molar-refractivity contribution in [2.24, 2.45) is 17.3 Å². The maximum Gasteiger partial charge on any atom is 0.0467 e. The summed E-state index contributed by atoms with van der Waals surface area (Å²) in [5.41, 5.74) is 0.407. The molecule has 12 heavy (non-hydrogen) atoms. The van der Waals surface area contributed by atoms with Crippen molar-refractivity contribution in [1.29, 1.82) is 0 Å². The van der Waals surface area contributed by atoms with Gasteiger partial charge in [0.2, 0.25) is 0 Å². The van der Waals surface area contributed by atoms with Gasteiger partial charge in [-0.1, -0.05) is 34.6 Å². The van der Waals surface area contributed by atoms with E-state index in [0.717, 1.165) is 24.9 Å². The standard InChI is InChI=1S/C11H24O/c1-9(2)10(3)11(4,5)7-8-12-6/h9-10H,7-8H2,1-6H3. The molecule has 0 aromatic carbocycles. The molecule has 0 amide bonds. The monoisotopic (exact) mass is 172 g/mol. The third-order valence-corrected chi connectivity index (χ3v) is 3.18. The van der Waals surface area contributed by atoms with Crippen LogP contribution in [0.15, 0.2) is 0 Å². The van der Waals surface area contributed by atoms with Gasteiger partial charge >= 0.3 is 0 Å². The van der Waals surface area contributed by atoms with Crippen molar-refractivity contribution >= 4 is 0 Å². The number of hydrogen-bond acceptors (Lipinski definition) is 1. The molecule has 0 aliphatic rings. The van der Waals surface area contributed by atoms with Crippen LogP contribution in [0, 0.1) is 17.3 Å². The lowest BCUT2D eigenvalue weighted by Crippen LogP contribution is -2.27. The van der Waals surface area contributed by atoms with E-state index in [-0.39, 0.29) is 0 Å². The highest BCUT2D eigenvalue weighted by Crippen LogP contribution is 2.35. The van der Waals surface area contributed by atoms with Crippen LogP contribution in [0.1, 0.15) is 41.0 Å². The highest BCUT2D eigenvalue weighted by Gasteiger charge is 2.27. The average Bonchev–Trinajstić information content (AvgIpc) is 1.99. The van der Waals surface area contributed by atoms with Crippen molar-refractivity contribution in [2.45, 2.75) is 41.0 Å². The van der Waals surface area contributed by atoms with E-state index in [4.69, 9.17) is 4.74 Å². The second-order valence-electron chi connectivity index (χ2n) is 4.76. The summed E-state index contributed by atoms with van der Waals surface area (Å²) in [6.07, 6.45) is 1.16. The summed E-state index contributed by atoms with van der Waals surface area (Å²) in [6.45, 7) is 12.5. The largest absolute Gasteiger partial charge is 0.385 e. The van der Waals surface area contributed by atoms with E-state index >= 15 is 0 Å². The Morgan fingerprint density at radius 1 is 1.17 bits per heavy atom. The topological polar surface area (TPSA) is 9.23 Å². The second-order valence-corrected chi connectivity index (χ2v) is 4.76. The molecule has 74 valence electrons. The summed E-state index contributed by atoms with van der Waals surface area (Å²) in [6, 6.07) is 0. The Hall–Kier alpha value is -0.0400. The fourth-order valence-corrected chi connectivity index (χ4v) is 1.50. The molecule has 0 rings (SSSR count). The zero-order chi connectivity index (χ0) is 9.78. The van der Waals surface area contributed by atoms with Crippen molar-refractivity contribution in [3.8, 4) is 0 Å². The SMILES string of the molecule is COCCC(C)(C)C(C)C(C)C. The van der Waals surface area contributed by atoms with Crippen LogP contribution >= 0.6 is 0 Å². The van der Waals surface area contributed by atoms with E-state index < -0.39 is 0 Å². The number of hydrogen-bond donors (Lipinski definition) is 0. The molecule has 0 aliphatic carbocycles. The first kappa shape index (κ1) is 12.0. The van der Waals surface area contributed by atoms with Gasteiger partial charge < -0.3 is 4.74 Å². The molecule has 1 unspecified atom stereocenters. The lowest BCUT2D eigenvalue weighted by Gasteiger charge is -2.34. The van der Waals surface area contributed by atoms with Gasteiger partial charge in [0.25, 0.3) is 0 Å². The van der Waals surface area contributed by atoms with Gasteiger partial charge in [-0.2, -0.15) is 0 Å². The number of ether oxygens (including phenoxy) is 1. The maximum absolute atomic E-state index is 5.11. The average molecular weight is 172 g/mol. The van der Waals surface area contributed by atoms with Gasteiger partial charge in [0.15, 0.2) is 0 Å². The van der Waals surface area contributed by atoms with E-state index in [1.165, 1.54) is 0 Å². The predicted molar refractivity (Wildman–Crippen MR) is 54.3 cm³/mol. The third kappa shape index (κ3) is 3.57. The smallest absolute Gasteiger partial charge is 0.0467 e. The first-order valence-corrected chi connectivity index (χ1v) is 4.90. The first-order chi connectivity index (χ1) is 5.41. The maximum atomic E-state index is 5.11. The molecule has 1 atom stereocenters. The third-order valence-electron chi connectivity index (χ3n) is 3.18. The van der Waals surface area contributed by atoms with E-state index in [9.17, 15) is 0 Å². The van der Waals surface area contributed by atoms with E-state index in [0.29, 0.717) is 5.41 Å². The fourth-order valence-electron chi connectivity index (χ4n) is 1.50. The summed E-state index contributed by atoms with van der Waals surface area (Å²) >= 11 is 0. The lowest BCUT2D eigenvalue weighted by atomic mass is 9.72. The zero-order valence-electron chi connectivity index (χ0n) is 9.48. The summed E-state index contributed by atoms with van der Waals surface area (Å²) in [5, 5.41) is 0. The molecule has 0 aromatic heterocycles. The quantitative estimate of drug-likeness (QED) is 0.618. The second kappa shape index (κ2) is 4.86. The van der Waals surface area contributed by atoms with Gasteiger partial charge in [-0.25, -0.2) is 0 Å². The van der Waals surface area contributed by atoms with Gasteiger partial charge in [-0.15, -0.1) is 0 Å². The minimum absolute atomic E-state index is 0.407. The Morgan fingerprint density at radius 3 is 2.00 bits per heavy atom. The van der Waals surface area contributed by atoms with Crippen LogP contribution in [0.4, 0.5) is 0 Å². The van der Waals surface area contributed by atoms with Crippen LogP contribution in [0.5, 0.6) is 0 Å². The molecule has 0 spiro atoms. The zero-order valence-corrected chi connectivity index (χ0v) is 9.48. The van der Waals surface area contributed by atoms with Crippen molar-refractivity contribution in [1.82, 2.24) is 0 Å². The van der Waals surface area contributed by atoms with Crippen molar-refractivity contribution < 1.29 is 4.74 Å². The van der Waals surface area contributed by atoms with Gasteiger partial charge in [0.05, 0.1) is 0 Å². The molecule has 0 bridgehead atoms. The number of rotatable bonds is 5. The van der Waals surface area contributed by atoms with E-state index in [1.54, 1.807) is 7.11 Å². The molecule has 1 nitrogen and oxygen atoms in total. The minimum atomic E-state index is 0.407. The summed E-state index contributed by atoms with van der Waals surface area (Å²) < 4.78 is 5.11. The normalized spacial score (nSPS) is 15.2. The van der Waals surface area contributed by atoms with Crippen LogP contribution in [0.3, 0.4) is 0 Å². The lowest BCUT2D eigenvalue weighted by molar-refractivity contribution is 0.0997. The summed E-state index contributed by atoms with van der Waals surface area (Å²) in [4.78, 5) is 0. The van der Waals surface area contributed by atoms with Gasteiger partial charge in [0.1, 0.15) is 0 Å². The highest BCUT2D eigenvalue weighted by atomic mass is 16.5. The Morgan fingerprint density at radius 2 is 1.67 bits per heavy atom.